The number of benzene rings is 2. The van der Waals surface area contributed by atoms with Gasteiger partial charge in [0.1, 0.15) is 6.04 Å². The Morgan fingerprint density at radius 3 is 2.11 bits per heavy atom. The zero-order chi connectivity index (χ0) is 19.3. The number of carbonyl (C=O) groups is 1. The summed E-state index contributed by atoms with van der Waals surface area (Å²) in [6.07, 6.45) is 3.96. The third kappa shape index (κ3) is 3.68. The van der Waals surface area contributed by atoms with Crippen LogP contribution in [0, 0.1) is 11.3 Å². The molecule has 0 radical (unpaired) electrons. The highest BCUT2D eigenvalue weighted by molar-refractivity contribution is 5.94. The Labute approximate surface area is 165 Å². The average molecular weight is 370 g/mol. The van der Waals surface area contributed by atoms with E-state index in [0.29, 0.717) is 31.7 Å². The Kier molecular flexibility index (Phi) is 5.22. The van der Waals surface area contributed by atoms with E-state index >= 15 is 0 Å². The maximum Gasteiger partial charge on any atom is 0.253 e. The van der Waals surface area contributed by atoms with Crippen LogP contribution in [0.3, 0.4) is 0 Å². The number of hydrogen-bond acceptors (Lipinski definition) is 3. The summed E-state index contributed by atoms with van der Waals surface area (Å²) in [5.74, 6) is 0.0481. The van der Waals surface area contributed by atoms with Crippen LogP contribution in [0.4, 0.5) is 0 Å². The predicted octanol–water partition coefficient (Wildman–Crippen LogP) is 3.50. The largest absolute Gasteiger partial charge is 0.336 e. The number of amides is 1. The molecule has 0 saturated carbocycles. The summed E-state index contributed by atoms with van der Waals surface area (Å²) < 4.78 is 2.01. The predicted molar refractivity (Wildman–Crippen MR) is 108 cm³/mol. The maximum atomic E-state index is 12.8. The van der Waals surface area contributed by atoms with Gasteiger partial charge in [-0.1, -0.05) is 30.3 Å². The summed E-state index contributed by atoms with van der Waals surface area (Å²) in [6, 6.07) is 23.6. The maximum absolute atomic E-state index is 12.8. The second-order valence-electron chi connectivity index (χ2n) is 6.91. The van der Waals surface area contributed by atoms with Gasteiger partial charge in [0.05, 0.1) is 6.07 Å². The summed E-state index contributed by atoms with van der Waals surface area (Å²) in [4.78, 5) is 16.9. The molecular formula is C23H22N4O. The minimum atomic E-state index is -0.265. The van der Waals surface area contributed by atoms with Gasteiger partial charge in [-0.15, -0.1) is 0 Å². The van der Waals surface area contributed by atoms with Crippen LogP contribution in [0.25, 0.3) is 5.69 Å². The van der Waals surface area contributed by atoms with Gasteiger partial charge in [0.25, 0.3) is 5.91 Å². The molecule has 0 unspecified atom stereocenters. The molecule has 0 bridgehead atoms. The second kappa shape index (κ2) is 8.12. The van der Waals surface area contributed by atoms with Crippen molar-refractivity contribution in [1.82, 2.24) is 14.4 Å². The quantitative estimate of drug-likeness (QED) is 0.706. The normalized spacial score (nSPS) is 15.8. The van der Waals surface area contributed by atoms with Crippen molar-refractivity contribution >= 4 is 5.91 Å². The SMILES string of the molecule is N#C[C@@H](c1ccccc1)N1CCN(C(=O)c2ccc(-n3cccc3)cc2)CC1. The highest BCUT2D eigenvalue weighted by atomic mass is 16.2. The molecule has 5 heteroatoms. The van der Waals surface area contributed by atoms with Crippen molar-refractivity contribution in [2.24, 2.45) is 0 Å². The Hall–Kier alpha value is -3.36. The van der Waals surface area contributed by atoms with Crippen molar-refractivity contribution in [2.45, 2.75) is 6.04 Å². The minimum absolute atomic E-state index is 0.0481. The molecule has 2 aromatic carbocycles. The van der Waals surface area contributed by atoms with E-state index < -0.39 is 0 Å². The molecule has 1 fully saturated rings. The number of nitrogens with zero attached hydrogens (tertiary/aromatic N) is 4. The fourth-order valence-electron chi connectivity index (χ4n) is 3.65. The Bertz CT molecular complexity index is 950. The van der Waals surface area contributed by atoms with Gasteiger partial charge in [-0.25, -0.2) is 0 Å². The Morgan fingerprint density at radius 2 is 1.50 bits per heavy atom. The standard InChI is InChI=1S/C23H22N4O/c24-18-22(19-6-2-1-3-7-19)26-14-16-27(17-15-26)23(28)20-8-10-21(11-9-20)25-12-4-5-13-25/h1-13,22H,14-17H2/t22-/m0/s1. The van der Waals surface area contributed by atoms with Crippen LogP contribution < -0.4 is 0 Å². The highest BCUT2D eigenvalue weighted by Gasteiger charge is 2.27. The van der Waals surface area contributed by atoms with E-state index in [4.69, 9.17) is 0 Å². The van der Waals surface area contributed by atoms with Crippen molar-refractivity contribution in [3.8, 4) is 11.8 Å². The molecule has 1 aliphatic rings. The van der Waals surface area contributed by atoms with Crippen molar-refractivity contribution in [2.75, 3.05) is 26.2 Å². The van der Waals surface area contributed by atoms with E-state index in [1.54, 1.807) is 0 Å². The molecule has 5 nitrogen and oxygen atoms in total. The van der Waals surface area contributed by atoms with Gasteiger partial charge in [-0.05, 0) is 42.0 Å². The van der Waals surface area contributed by atoms with Crippen molar-refractivity contribution in [3.63, 3.8) is 0 Å². The number of nitriles is 1. The van der Waals surface area contributed by atoms with E-state index in [1.807, 2.05) is 88.6 Å². The van der Waals surface area contributed by atoms with Gasteiger partial charge >= 0.3 is 0 Å². The van der Waals surface area contributed by atoms with Gasteiger partial charge in [-0.3, -0.25) is 9.69 Å². The van der Waals surface area contributed by atoms with Gasteiger partial charge in [0.15, 0.2) is 0 Å². The van der Waals surface area contributed by atoms with Crippen molar-refractivity contribution in [1.29, 1.82) is 5.26 Å². The fourth-order valence-corrected chi connectivity index (χ4v) is 3.65. The molecule has 1 atom stereocenters. The van der Waals surface area contributed by atoms with E-state index in [0.717, 1.165) is 11.3 Å². The first-order valence-electron chi connectivity index (χ1n) is 9.47. The number of carbonyl (C=O) groups excluding carboxylic acids is 1. The van der Waals surface area contributed by atoms with E-state index in [2.05, 4.69) is 11.0 Å². The van der Waals surface area contributed by atoms with Gasteiger partial charge in [0.2, 0.25) is 0 Å². The first-order valence-corrected chi connectivity index (χ1v) is 9.47. The Morgan fingerprint density at radius 1 is 0.857 bits per heavy atom. The van der Waals surface area contributed by atoms with Crippen LogP contribution in [0.15, 0.2) is 79.1 Å². The zero-order valence-corrected chi connectivity index (χ0v) is 15.6. The number of rotatable bonds is 4. The molecule has 2 heterocycles. The van der Waals surface area contributed by atoms with E-state index in [9.17, 15) is 10.1 Å². The van der Waals surface area contributed by atoms with E-state index in [-0.39, 0.29) is 11.9 Å². The average Bonchev–Trinajstić information content (AvgIpc) is 3.30. The molecule has 1 aromatic heterocycles. The second-order valence-corrected chi connectivity index (χ2v) is 6.91. The van der Waals surface area contributed by atoms with Gasteiger partial charge in [0, 0.05) is 49.8 Å². The smallest absolute Gasteiger partial charge is 0.253 e. The lowest BCUT2D eigenvalue weighted by Gasteiger charge is -2.37. The molecule has 1 aliphatic heterocycles. The van der Waals surface area contributed by atoms with Crippen molar-refractivity contribution < 1.29 is 4.79 Å². The summed E-state index contributed by atoms with van der Waals surface area (Å²) in [5.41, 5.74) is 2.74. The Balaban J connectivity index is 1.39. The molecule has 4 rings (SSSR count). The summed E-state index contributed by atoms with van der Waals surface area (Å²) in [6.45, 7) is 2.65. The minimum Gasteiger partial charge on any atom is -0.336 e. The first-order chi connectivity index (χ1) is 13.8. The first kappa shape index (κ1) is 18.0. The lowest BCUT2D eigenvalue weighted by molar-refractivity contribution is 0.0606. The zero-order valence-electron chi connectivity index (χ0n) is 15.6. The highest BCUT2D eigenvalue weighted by Crippen LogP contribution is 2.22. The molecule has 0 spiro atoms. The molecule has 140 valence electrons. The van der Waals surface area contributed by atoms with Crippen molar-refractivity contribution in [3.05, 3.63) is 90.3 Å². The molecular weight excluding hydrogens is 348 g/mol. The van der Waals surface area contributed by atoms with Crippen LogP contribution in [-0.2, 0) is 0 Å². The van der Waals surface area contributed by atoms with Crippen LogP contribution in [0.5, 0.6) is 0 Å². The molecule has 0 aliphatic carbocycles. The number of hydrogen-bond donors (Lipinski definition) is 0. The summed E-state index contributed by atoms with van der Waals surface area (Å²) in [7, 11) is 0. The third-order valence-electron chi connectivity index (χ3n) is 5.22. The third-order valence-corrected chi connectivity index (χ3v) is 5.22. The van der Waals surface area contributed by atoms with Crippen LogP contribution in [0.1, 0.15) is 22.0 Å². The number of aromatic nitrogens is 1. The fraction of sp³-hybridized carbons (Fsp3) is 0.217. The molecule has 28 heavy (non-hydrogen) atoms. The lowest BCUT2D eigenvalue weighted by atomic mass is 10.1. The van der Waals surface area contributed by atoms with Gasteiger partial charge < -0.3 is 9.47 Å². The topological polar surface area (TPSA) is 52.3 Å². The molecule has 0 N–H and O–H groups in total. The van der Waals surface area contributed by atoms with Crippen LogP contribution in [-0.4, -0.2) is 46.5 Å². The van der Waals surface area contributed by atoms with Crippen LogP contribution >= 0.6 is 0 Å². The van der Waals surface area contributed by atoms with E-state index in [1.165, 1.54) is 0 Å². The van der Waals surface area contributed by atoms with Gasteiger partial charge in [-0.2, -0.15) is 5.26 Å². The molecule has 1 amide bonds. The summed E-state index contributed by atoms with van der Waals surface area (Å²) in [5, 5.41) is 9.61. The molecule has 3 aromatic rings. The number of piperazine rings is 1. The lowest BCUT2D eigenvalue weighted by Crippen LogP contribution is -2.49. The monoisotopic (exact) mass is 370 g/mol. The van der Waals surface area contributed by atoms with Crippen LogP contribution in [0.2, 0.25) is 0 Å². The summed E-state index contributed by atoms with van der Waals surface area (Å²) >= 11 is 0. The molecule has 1 saturated heterocycles.